The number of alkyl carbamates (subject to hydrolysis) is 1. The minimum absolute atomic E-state index is 0.0936. The van der Waals surface area contributed by atoms with Crippen molar-refractivity contribution >= 4 is 12.0 Å². The maximum absolute atomic E-state index is 13.0. The molecule has 0 bridgehead atoms. The molecule has 3 atom stereocenters. The van der Waals surface area contributed by atoms with Gasteiger partial charge in [-0.05, 0) is 31.4 Å². The van der Waals surface area contributed by atoms with E-state index in [9.17, 15) is 20.0 Å². The Morgan fingerprint density at radius 2 is 2.07 bits per heavy atom. The van der Waals surface area contributed by atoms with Crippen LogP contribution in [0.15, 0.2) is 30.3 Å². The molecule has 3 N–H and O–H groups in total. The minimum Gasteiger partial charge on any atom is -0.436 e. The van der Waals surface area contributed by atoms with Crippen molar-refractivity contribution in [1.82, 2.24) is 15.5 Å². The number of carbonyl (C=O) groups is 2. The first-order valence-corrected chi connectivity index (χ1v) is 10.3. The van der Waals surface area contributed by atoms with Crippen molar-refractivity contribution < 1.29 is 19.4 Å². The van der Waals surface area contributed by atoms with Crippen molar-refractivity contribution in [1.29, 1.82) is 5.26 Å². The number of aliphatic hydroxyl groups is 1. The average molecular weight is 417 g/mol. The highest BCUT2D eigenvalue weighted by Gasteiger charge is 2.41. The molecule has 30 heavy (non-hydrogen) atoms. The van der Waals surface area contributed by atoms with Gasteiger partial charge in [-0.1, -0.05) is 44.2 Å². The second-order valence-corrected chi connectivity index (χ2v) is 8.32. The zero-order valence-electron chi connectivity index (χ0n) is 17.9. The third kappa shape index (κ3) is 6.71. The summed E-state index contributed by atoms with van der Waals surface area (Å²) in [7, 11) is 1.88. The number of nitriles is 1. The molecule has 1 heterocycles. The summed E-state index contributed by atoms with van der Waals surface area (Å²) in [6.45, 7) is 4.64. The predicted molar refractivity (Wildman–Crippen MR) is 112 cm³/mol. The molecule has 8 heteroatoms. The lowest BCUT2D eigenvalue weighted by Crippen LogP contribution is -2.60. The molecule has 0 aromatic heterocycles. The Kier molecular flexibility index (Phi) is 8.63. The molecule has 164 valence electrons. The molecule has 0 radical (unpaired) electrons. The van der Waals surface area contributed by atoms with Gasteiger partial charge in [0.15, 0.2) is 6.10 Å². The largest absolute Gasteiger partial charge is 0.436 e. The number of aliphatic hydroxyl groups excluding tert-OH is 1. The van der Waals surface area contributed by atoms with E-state index in [2.05, 4.69) is 16.7 Å². The van der Waals surface area contributed by atoms with Crippen LogP contribution in [0.5, 0.6) is 0 Å². The first-order chi connectivity index (χ1) is 14.3. The van der Waals surface area contributed by atoms with Crippen molar-refractivity contribution in [2.75, 3.05) is 20.2 Å². The number of nitrogens with zero attached hydrogens (tertiary/aromatic N) is 2. The quantitative estimate of drug-likeness (QED) is 0.595. The maximum Gasteiger partial charge on any atom is 0.408 e. The summed E-state index contributed by atoms with van der Waals surface area (Å²) in [5, 5.41) is 24.8. The van der Waals surface area contributed by atoms with E-state index in [1.54, 1.807) is 0 Å². The topological polar surface area (TPSA) is 115 Å². The molecule has 2 rings (SSSR count). The number of ether oxygens (including phenoxy) is 1. The number of piperidine rings is 1. The fourth-order valence-corrected chi connectivity index (χ4v) is 3.55. The van der Waals surface area contributed by atoms with Crippen LogP contribution < -0.4 is 10.6 Å². The highest BCUT2D eigenvalue weighted by molar-refractivity contribution is 5.84. The molecule has 1 saturated heterocycles. The van der Waals surface area contributed by atoms with Gasteiger partial charge in [-0.15, -0.1) is 0 Å². The molecule has 2 amide bonds. The van der Waals surface area contributed by atoms with Gasteiger partial charge in [0.2, 0.25) is 0 Å². The summed E-state index contributed by atoms with van der Waals surface area (Å²) < 4.78 is 5.42. The number of amides is 2. The molecule has 0 saturated carbocycles. The Morgan fingerprint density at radius 1 is 1.37 bits per heavy atom. The van der Waals surface area contributed by atoms with Crippen LogP contribution in [0, 0.1) is 17.2 Å². The Morgan fingerprint density at radius 3 is 2.67 bits per heavy atom. The van der Waals surface area contributed by atoms with E-state index in [-0.39, 0.29) is 18.6 Å². The van der Waals surface area contributed by atoms with Gasteiger partial charge < -0.3 is 25.4 Å². The van der Waals surface area contributed by atoms with E-state index in [4.69, 9.17) is 4.74 Å². The van der Waals surface area contributed by atoms with E-state index in [1.807, 2.05) is 56.1 Å². The van der Waals surface area contributed by atoms with Gasteiger partial charge >= 0.3 is 6.09 Å². The molecule has 1 fully saturated rings. The van der Waals surface area contributed by atoms with Crippen molar-refractivity contribution in [3.8, 4) is 6.07 Å². The van der Waals surface area contributed by atoms with Crippen LogP contribution in [0.2, 0.25) is 0 Å². The monoisotopic (exact) mass is 416 g/mol. The van der Waals surface area contributed by atoms with Crippen molar-refractivity contribution in [2.45, 2.75) is 57.3 Å². The SMILES string of the molecule is CC(C)CC(OC(=O)NCc1ccccc1)C(=O)NC1(C#N)CCN(C)C(CO)C1. The second-order valence-electron chi connectivity index (χ2n) is 8.32. The van der Waals surface area contributed by atoms with Gasteiger partial charge in [0.25, 0.3) is 5.91 Å². The molecule has 1 aromatic rings. The molecule has 3 unspecified atom stereocenters. The predicted octanol–water partition coefficient (Wildman–Crippen LogP) is 1.79. The first-order valence-electron chi connectivity index (χ1n) is 10.3. The molecule has 1 aliphatic heterocycles. The summed E-state index contributed by atoms with van der Waals surface area (Å²) in [6.07, 6.45) is -0.580. The highest BCUT2D eigenvalue weighted by Crippen LogP contribution is 2.26. The normalized spacial score (nSPS) is 22.7. The Bertz CT molecular complexity index is 749. The van der Waals surface area contributed by atoms with Crippen LogP contribution in [0.1, 0.15) is 38.7 Å². The maximum atomic E-state index is 13.0. The van der Waals surface area contributed by atoms with E-state index in [0.717, 1.165) is 5.56 Å². The van der Waals surface area contributed by atoms with Gasteiger partial charge in [-0.3, -0.25) is 4.79 Å². The molecular weight excluding hydrogens is 384 g/mol. The summed E-state index contributed by atoms with van der Waals surface area (Å²) in [4.78, 5) is 27.2. The first kappa shape index (κ1) is 23.6. The fraction of sp³-hybridized carbons (Fsp3) is 0.591. The van der Waals surface area contributed by atoms with Gasteiger partial charge in [0.05, 0.1) is 12.7 Å². The lowest BCUT2D eigenvalue weighted by atomic mass is 9.84. The molecule has 0 spiro atoms. The van der Waals surface area contributed by atoms with Crippen molar-refractivity contribution in [3.05, 3.63) is 35.9 Å². The zero-order valence-corrected chi connectivity index (χ0v) is 17.9. The smallest absolute Gasteiger partial charge is 0.408 e. The van der Waals surface area contributed by atoms with Crippen LogP contribution in [-0.2, 0) is 16.1 Å². The summed E-state index contributed by atoms with van der Waals surface area (Å²) in [5.74, 6) is -0.371. The Balaban J connectivity index is 2.01. The van der Waals surface area contributed by atoms with Gasteiger partial charge in [-0.2, -0.15) is 5.26 Å². The highest BCUT2D eigenvalue weighted by atomic mass is 16.6. The van der Waals surface area contributed by atoms with Crippen LogP contribution in [0.4, 0.5) is 4.79 Å². The molecule has 1 aliphatic rings. The lowest BCUT2D eigenvalue weighted by Gasteiger charge is -2.41. The third-order valence-electron chi connectivity index (χ3n) is 5.39. The Hall–Kier alpha value is -2.63. The van der Waals surface area contributed by atoms with Gasteiger partial charge in [0.1, 0.15) is 5.54 Å². The number of benzene rings is 1. The molecule has 8 nitrogen and oxygen atoms in total. The van der Waals surface area contributed by atoms with Crippen LogP contribution >= 0.6 is 0 Å². The van der Waals surface area contributed by atoms with E-state index >= 15 is 0 Å². The summed E-state index contributed by atoms with van der Waals surface area (Å²) in [6, 6.07) is 11.4. The van der Waals surface area contributed by atoms with E-state index in [1.165, 1.54) is 0 Å². The lowest BCUT2D eigenvalue weighted by molar-refractivity contribution is -0.132. The number of likely N-dealkylation sites (N-methyl/N-ethyl adjacent to an activating group) is 1. The van der Waals surface area contributed by atoms with Crippen LogP contribution in [-0.4, -0.2) is 59.9 Å². The number of likely N-dealkylation sites (tertiary alicyclic amines) is 1. The Labute approximate surface area is 178 Å². The number of hydrogen-bond acceptors (Lipinski definition) is 6. The van der Waals surface area contributed by atoms with Crippen LogP contribution in [0.25, 0.3) is 0 Å². The average Bonchev–Trinajstić information content (AvgIpc) is 2.73. The fourth-order valence-electron chi connectivity index (χ4n) is 3.55. The van der Waals surface area contributed by atoms with Crippen LogP contribution in [0.3, 0.4) is 0 Å². The van der Waals surface area contributed by atoms with E-state index < -0.39 is 23.6 Å². The third-order valence-corrected chi connectivity index (χ3v) is 5.39. The number of carbonyl (C=O) groups excluding carboxylic acids is 2. The zero-order chi connectivity index (χ0) is 22.1. The summed E-state index contributed by atoms with van der Waals surface area (Å²) >= 11 is 0. The van der Waals surface area contributed by atoms with Crippen molar-refractivity contribution in [2.24, 2.45) is 5.92 Å². The molecular formula is C22H32N4O4. The molecule has 1 aromatic carbocycles. The van der Waals surface area contributed by atoms with Gasteiger partial charge in [0, 0.05) is 25.6 Å². The number of nitrogens with one attached hydrogen (secondary N) is 2. The van der Waals surface area contributed by atoms with Gasteiger partial charge in [-0.25, -0.2) is 4.79 Å². The second kappa shape index (κ2) is 11.0. The molecule has 0 aliphatic carbocycles. The summed E-state index contributed by atoms with van der Waals surface area (Å²) in [5.41, 5.74) is -0.167. The van der Waals surface area contributed by atoms with Crippen molar-refractivity contribution in [3.63, 3.8) is 0 Å². The number of hydrogen-bond donors (Lipinski definition) is 3. The minimum atomic E-state index is -1.09. The van der Waals surface area contributed by atoms with E-state index in [0.29, 0.717) is 32.4 Å². The number of rotatable bonds is 8. The standard InChI is InChI=1S/C22H32N4O4/c1-16(2)11-19(30-21(29)24-13-17-7-5-4-6-8-17)20(28)25-22(15-23)9-10-26(3)18(12-22)14-27/h4-8,16,18-19,27H,9-14H2,1-3H3,(H,24,29)(H,25,28).